The average Bonchev–Trinajstić information content (AvgIpc) is 2.64. The maximum Gasteiger partial charge on any atom is 0.272 e. The number of aromatic nitrogens is 1. The summed E-state index contributed by atoms with van der Waals surface area (Å²) in [6.45, 7) is 5.31. The van der Waals surface area contributed by atoms with Gasteiger partial charge in [-0.1, -0.05) is 6.08 Å². The summed E-state index contributed by atoms with van der Waals surface area (Å²) in [5, 5.41) is 3.95. The molecule has 0 bridgehead atoms. The molecular formula is C20H23N3O2S. The number of hydrogen-bond acceptors (Lipinski definition) is 5. The molecule has 0 saturated carbocycles. The second-order valence-electron chi connectivity index (χ2n) is 6.33. The lowest BCUT2D eigenvalue weighted by Gasteiger charge is -2.18. The Morgan fingerprint density at radius 2 is 2.19 bits per heavy atom. The van der Waals surface area contributed by atoms with Gasteiger partial charge in [0.2, 0.25) is 5.44 Å². The van der Waals surface area contributed by atoms with E-state index in [1.54, 1.807) is 0 Å². The molecule has 0 spiro atoms. The van der Waals surface area contributed by atoms with E-state index in [-0.39, 0.29) is 5.91 Å². The van der Waals surface area contributed by atoms with E-state index in [4.69, 9.17) is 4.74 Å². The highest BCUT2D eigenvalue weighted by Crippen LogP contribution is 2.26. The SMILES string of the molecule is CSC(Oc1cc(C)c2ncc(C)cc2c1)C(=O)NCC1=CCCN=C1. The van der Waals surface area contributed by atoms with Crippen molar-refractivity contribution in [1.82, 2.24) is 10.3 Å². The van der Waals surface area contributed by atoms with E-state index in [0.717, 1.165) is 40.6 Å². The van der Waals surface area contributed by atoms with Crippen LogP contribution >= 0.6 is 11.8 Å². The Hall–Kier alpha value is -2.34. The predicted octanol–water partition coefficient (Wildman–Crippen LogP) is 3.44. The Balaban J connectivity index is 1.70. The first kappa shape index (κ1) is 18.5. The van der Waals surface area contributed by atoms with Gasteiger partial charge >= 0.3 is 0 Å². The van der Waals surface area contributed by atoms with Crippen LogP contribution in [-0.2, 0) is 4.79 Å². The lowest BCUT2D eigenvalue weighted by molar-refractivity contribution is -0.124. The summed E-state index contributed by atoms with van der Waals surface area (Å²) in [7, 11) is 0. The quantitative estimate of drug-likeness (QED) is 0.793. The van der Waals surface area contributed by atoms with Crippen LogP contribution in [0.3, 0.4) is 0 Å². The predicted molar refractivity (Wildman–Crippen MR) is 108 cm³/mol. The number of aryl methyl sites for hydroxylation is 2. The molecule has 136 valence electrons. The molecule has 26 heavy (non-hydrogen) atoms. The zero-order valence-electron chi connectivity index (χ0n) is 15.3. The summed E-state index contributed by atoms with van der Waals surface area (Å²) < 4.78 is 5.96. The molecule has 1 aromatic carbocycles. The van der Waals surface area contributed by atoms with Crippen LogP contribution in [0.5, 0.6) is 5.75 Å². The molecule has 0 radical (unpaired) electrons. The van der Waals surface area contributed by atoms with Gasteiger partial charge in [-0.15, -0.1) is 11.8 Å². The van der Waals surface area contributed by atoms with Crippen LogP contribution < -0.4 is 10.1 Å². The van der Waals surface area contributed by atoms with Gasteiger partial charge in [0.1, 0.15) is 5.75 Å². The van der Waals surface area contributed by atoms with Crippen molar-refractivity contribution in [2.45, 2.75) is 25.7 Å². The maximum atomic E-state index is 12.5. The van der Waals surface area contributed by atoms with E-state index < -0.39 is 5.44 Å². The second kappa shape index (κ2) is 8.36. The fourth-order valence-corrected chi connectivity index (χ4v) is 3.36. The van der Waals surface area contributed by atoms with E-state index in [9.17, 15) is 4.79 Å². The summed E-state index contributed by atoms with van der Waals surface area (Å²) in [6, 6.07) is 5.94. The fraction of sp³-hybridized carbons (Fsp3) is 0.350. The summed E-state index contributed by atoms with van der Waals surface area (Å²) in [5.41, 5.74) is 3.51. The van der Waals surface area contributed by atoms with E-state index in [1.807, 2.05) is 44.6 Å². The van der Waals surface area contributed by atoms with Crippen molar-refractivity contribution >= 4 is 34.8 Å². The van der Waals surface area contributed by atoms with Crippen molar-refractivity contribution in [2.24, 2.45) is 4.99 Å². The lowest BCUT2D eigenvalue weighted by atomic mass is 10.1. The first-order valence-corrected chi connectivity index (χ1v) is 9.88. The van der Waals surface area contributed by atoms with E-state index in [1.165, 1.54) is 11.8 Å². The summed E-state index contributed by atoms with van der Waals surface area (Å²) in [4.78, 5) is 21.2. The minimum Gasteiger partial charge on any atom is -0.470 e. The topological polar surface area (TPSA) is 63.6 Å². The smallest absolute Gasteiger partial charge is 0.272 e. The molecule has 1 amide bonds. The molecule has 0 fully saturated rings. The highest BCUT2D eigenvalue weighted by Gasteiger charge is 2.20. The van der Waals surface area contributed by atoms with E-state index in [2.05, 4.69) is 27.4 Å². The number of benzene rings is 1. The number of pyridine rings is 1. The number of thioether (sulfide) groups is 1. The monoisotopic (exact) mass is 369 g/mol. The zero-order chi connectivity index (χ0) is 18.5. The highest BCUT2D eigenvalue weighted by molar-refractivity contribution is 7.99. The van der Waals surface area contributed by atoms with Crippen molar-refractivity contribution < 1.29 is 9.53 Å². The standard InChI is InChI=1S/C20H23N3O2S/c1-13-7-16-9-17(8-14(2)18(16)22-10-13)25-20(26-3)19(24)23-12-15-5-4-6-21-11-15/h5,7-11,20H,4,6,12H2,1-3H3,(H,23,24). The molecule has 0 aliphatic carbocycles. The molecule has 1 unspecified atom stereocenters. The van der Waals surface area contributed by atoms with E-state index >= 15 is 0 Å². The molecule has 1 N–H and O–H groups in total. The van der Waals surface area contributed by atoms with Crippen LogP contribution in [0.4, 0.5) is 0 Å². The number of amides is 1. The number of dihydropyridines is 1. The van der Waals surface area contributed by atoms with Gasteiger partial charge in [0.25, 0.3) is 5.91 Å². The number of carbonyl (C=O) groups is 1. The molecular weight excluding hydrogens is 346 g/mol. The number of rotatable bonds is 6. The Morgan fingerprint density at radius 3 is 2.92 bits per heavy atom. The van der Waals surface area contributed by atoms with Crippen molar-refractivity contribution in [1.29, 1.82) is 0 Å². The molecule has 6 heteroatoms. The largest absolute Gasteiger partial charge is 0.470 e. The number of hydrogen-bond donors (Lipinski definition) is 1. The van der Waals surface area contributed by atoms with Gasteiger partial charge < -0.3 is 10.1 Å². The van der Waals surface area contributed by atoms with Gasteiger partial charge in [0, 0.05) is 30.9 Å². The molecule has 2 heterocycles. The maximum absolute atomic E-state index is 12.5. The number of nitrogens with one attached hydrogen (secondary N) is 1. The van der Waals surface area contributed by atoms with Crippen molar-refractivity contribution in [3.63, 3.8) is 0 Å². The number of carbonyl (C=O) groups excluding carboxylic acids is 1. The third-order valence-electron chi connectivity index (χ3n) is 4.14. The molecule has 0 saturated heterocycles. The Labute approximate surface area is 157 Å². The molecule has 1 aliphatic rings. The van der Waals surface area contributed by atoms with Crippen LogP contribution in [0.25, 0.3) is 10.9 Å². The van der Waals surface area contributed by atoms with Crippen molar-refractivity contribution in [2.75, 3.05) is 19.3 Å². The molecule has 3 rings (SSSR count). The number of nitrogens with zero attached hydrogens (tertiary/aromatic N) is 2. The summed E-state index contributed by atoms with van der Waals surface area (Å²) in [5.74, 6) is 0.535. The van der Waals surface area contributed by atoms with Gasteiger partial charge in [-0.2, -0.15) is 0 Å². The van der Waals surface area contributed by atoms with Gasteiger partial charge in [0.05, 0.1) is 5.52 Å². The van der Waals surface area contributed by atoms with Crippen LogP contribution in [0.1, 0.15) is 17.5 Å². The normalized spacial score (nSPS) is 14.8. The Bertz CT molecular complexity index is 877. The van der Waals surface area contributed by atoms with Gasteiger partial charge in [0.15, 0.2) is 0 Å². The second-order valence-corrected chi connectivity index (χ2v) is 7.23. The van der Waals surface area contributed by atoms with Crippen molar-refractivity contribution in [3.05, 3.63) is 47.2 Å². The minimum absolute atomic E-state index is 0.141. The van der Waals surface area contributed by atoms with Crippen LogP contribution in [0, 0.1) is 13.8 Å². The fourth-order valence-electron chi connectivity index (χ4n) is 2.86. The summed E-state index contributed by atoms with van der Waals surface area (Å²) >= 11 is 1.37. The number of fused-ring (bicyclic) bond motifs is 1. The summed E-state index contributed by atoms with van der Waals surface area (Å²) in [6.07, 6.45) is 8.57. The Kier molecular flexibility index (Phi) is 5.93. The number of ether oxygens (including phenoxy) is 1. The number of aliphatic imine (C=N–C) groups is 1. The average molecular weight is 369 g/mol. The first-order chi connectivity index (χ1) is 12.6. The molecule has 1 aromatic heterocycles. The van der Waals surface area contributed by atoms with Gasteiger partial charge in [-0.05, 0) is 61.4 Å². The van der Waals surface area contributed by atoms with Crippen molar-refractivity contribution in [3.8, 4) is 5.75 Å². The molecule has 1 aliphatic heterocycles. The first-order valence-electron chi connectivity index (χ1n) is 8.60. The zero-order valence-corrected chi connectivity index (χ0v) is 16.1. The van der Waals surface area contributed by atoms with Gasteiger partial charge in [-0.25, -0.2) is 0 Å². The Morgan fingerprint density at radius 1 is 1.35 bits per heavy atom. The van der Waals surface area contributed by atoms with Crippen LogP contribution in [0.2, 0.25) is 0 Å². The minimum atomic E-state index is -0.606. The van der Waals surface area contributed by atoms with E-state index in [0.29, 0.717) is 12.3 Å². The molecule has 2 aromatic rings. The lowest BCUT2D eigenvalue weighted by Crippen LogP contribution is -2.37. The molecule has 1 atom stereocenters. The van der Waals surface area contributed by atoms with Crippen LogP contribution in [-0.4, -0.2) is 41.9 Å². The van der Waals surface area contributed by atoms with Gasteiger partial charge in [-0.3, -0.25) is 14.8 Å². The highest BCUT2D eigenvalue weighted by atomic mass is 32.2. The van der Waals surface area contributed by atoms with Crippen LogP contribution in [0.15, 0.2) is 41.0 Å². The third-order valence-corrected chi connectivity index (χ3v) is 4.88. The third kappa shape index (κ3) is 4.43. The molecule has 5 nitrogen and oxygen atoms in total.